The Labute approximate surface area is 170 Å². The van der Waals surface area contributed by atoms with Crippen molar-refractivity contribution in [2.24, 2.45) is 0 Å². The Bertz CT molecular complexity index is 797. The van der Waals surface area contributed by atoms with Crippen molar-refractivity contribution in [3.05, 3.63) is 52.0 Å². The first-order valence-corrected chi connectivity index (χ1v) is 9.29. The predicted molar refractivity (Wildman–Crippen MR) is 110 cm³/mol. The summed E-state index contributed by atoms with van der Waals surface area (Å²) in [4.78, 5) is 14.7. The third-order valence-corrected chi connectivity index (χ3v) is 4.63. The molecule has 0 radical (unpaired) electrons. The maximum Gasteiger partial charge on any atom is 0.238 e. The molecule has 0 aromatic heterocycles. The average Bonchev–Trinajstić information content (AvgIpc) is 2.61. The van der Waals surface area contributed by atoms with Crippen LogP contribution in [0.2, 0.25) is 10.0 Å². The van der Waals surface area contributed by atoms with Crippen LogP contribution in [0.5, 0.6) is 11.5 Å². The molecule has 0 aliphatic heterocycles. The molecular formula is C20H24Cl2N2O3. The lowest BCUT2D eigenvalue weighted by atomic mass is 10.2. The molecule has 0 spiro atoms. The fourth-order valence-corrected chi connectivity index (χ4v) is 3.08. The maximum atomic E-state index is 12.6. The van der Waals surface area contributed by atoms with E-state index >= 15 is 0 Å². The molecule has 0 unspecified atom stereocenters. The van der Waals surface area contributed by atoms with Gasteiger partial charge in [0.05, 0.1) is 31.5 Å². The molecule has 7 heteroatoms. The van der Waals surface area contributed by atoms with E-state index in [4.69, 9.17) is 32.7 Å². The third-order valence-electron chi connectivity index (χ3n) is 4.10. The highest BCUT2D eigenvalue weighted by Crippen LogP contribution is 2.35. The molecule has 0 aliphatic rings. The third kappa shape index (κ3) is 6.03. The van der Waals surface area contributed by atoms with Crippen molar-refractivity contribution in [1.82, 2.24) is 4.90 Å². The van der Waals surface area contributed by atoms with Gasteiger partial charge in [-0.2, -0.15) is 0 Å². The molecule has 1 N–H and O–H groups in total. The number of benzene rings is 2. The Morgan fingerprint density at radius 2 is 1.81 bits per heavy atom. The summed E-state index contributed by atoms with van der Waals surface area (Å²) in [5.74, 6) is 0.803. The number of anilines is 1. The van der Waals surface area contributed by atoms with Crippen LogP contribution in [-0.2, 0) is 11.3 Å². The van der Waals surface area contributed by atoms with Gasteiger partial charge in [-0.1, -0.05) is 35.3 Å². The Morgan fingerprint density at radius 1 is 1.11 bits per heavy atom. The quantitative estimate of drug-likeness (QED) is 0.674. The molecule has 2 aromatic rings. The number of methoxy groups -OCH3 is 2. The van der Waals surface area contributed by atoms with Crippen LogP contribution in [0, 0.1) is 0 Å². The van der Waals surface area contributed by atoms with Crippen LogP contribution in [0.25, 0.3) is 0 Å². The largest absolute Gasteiger partial charge is 0.495 e. The van der Waals surface area contributed by atoms with Crippen molar-refractivity contribution in [1.29, 1.82) is 0 Å². The fraction of sp³-hybridized carbons (Fsp3) is 0.350. The van der Waals surface area contributed by atoms with E-state index < -0.39 is 0 Å². The lowest BCUT2D eigenvalue weighted by Gasteiger charge is -2.26. The highest BCUT2D eigenvalue weighted by atomic mass is 35.5. The van der Waals surface area contributed by atoms with Gasteiger partial charge in [0.2, 0.25) is 5.91 Å². The molecule has 0 bridgehead atoms. The number of hydrogen-bond acceptors (Lipinski definition) is 4. The maximum absolute atomic E-state index is 12.6. The highest BCUT2D eigenvalue weighted by molar-refractivity contribution is 6.32. The van der Waals surface area contributed by atoms with Gasteiger partial charge < -0.3 is 14.8 Å². The minimum Gasteiger partial charge on any atom is -0.495 e. The topological polar surface area (TPSA) is 50.8 Å². The number of carbonyl (C=O) groups excluding carboxylic acids is 1. The predicted octanol–water partition coefficient (Wildman–Crippen LogP) is 4.86. The second-order valence-corrected chi connectivity index (χ2v) is 7.21. The van der Waals surface area contributed by atoms with E-state index in [1.54, 1.807) is 12.1 Å². The SMILES string of the molecule is COc1cc(OC)c(NC(=O)CN(Cc2cccc(Cl)c2)C(C)C)cc1Cl. The summed E-state index contributed by atoms with van der Waals surface area (Å²) in [6.07, 6.45) is 0. The molecule has 0 saturated heterocycles. The van der Waals surface area contributed by atoms with Crippen molar-refractivity contribution < 1.29 is 14.3 Å². The van der Waals surface area contributed by atoms with Crippen LogP contribution in [-0.4, -0.2) is 37.6 Å². The average molecular weight is 411 g/mol. The molecule has 5 nitrogen and oxygen atoms in total. The molecular weight excluding hydrogens is 387 g/mol. The van der Waals surface area contributed by atoms with Crippen molar-refractivity contribution in [3.63, 3.8) is 0 Å². The second-order valence-electron chi connectivity index (χ2n) is 6.36. The zero-order valence-corrected chi connectivity index (χ0v) is 17.4. The zero-order valence-electron chi connectivity index (χ0n) is 15.9. The lowest BCUT2D eigenvalue weighted by Crippen LogP contribution is -2.37. The Balaban J connectivity index is 2.11. The van der Waals surface area contributed by atoms with E-state index in [1.807, 2.05) is 38.1 Å². The smallest absolute Gasteiger partial charge is 0.238 e. The van der Waals surface area contributed by atoms with E-state index in [1.165, 1.54) is 14.2 Å². The Kier molecular flexibility index (Phi) is 7.78. The minimum atomic E-state index is -0.162. The van der Waals surface area contributed by atoms with Crippen molar-refractivity contribution in [2.45, 2.75) is 26.4 Å². The van der Waals surface area contributed by atoms with Crippen LogP contribution in [0.1, 0.15) is 19.4 Å². The molecule has 1 amide bonds. The fourth-order valence-electron chi connectivity index (χ4n) is 2.62. The zero-order chi connectivity index (χ0) is 20.0. The number of nitrogens with one attached hydrogen (secondary N) is 1. The standard InChI is InChI=1S/C20H24Cl2N2O3/c1-13(2)24(11-14-6-5-7-15(21)8-14)12-20(25)23-17-9-16(22)18(26-3)10-19(17)27-4/h5-10,13H,11-12H2,1-4H3,(H,23,25). The van der Waals surface area contributed by atoms with E-state index in [0.29, 0.717) is 33.8 Å². The number of amides is 1. The monoisotopic (exact) mass is 410 g/mol. The summed E-state index contributed by atoms with van der Waals surface area (Å²) >= 11 is 12.2. The summed E-state index contributed by atoms with van der Waals surface area (Å²) in [5, 5.41) is 3.94. The first-order chi connectivity index (χ1) is 12.8. The molecule has 0 saturated carbocycles. The van der Waals surface area contributed by atoms with Crippen LogP contribution in [0.3, 0.4) is 0 Å². The first-order valence-electron chi connectivity index (χ1n) is 8.54. The van der Waals surface area contributed by atoms with E-state index in [2.05, 4.69) is 10.2 Å². The number of carbonyl (C=O) groups is 1. The highest BCUT2D eigenvalue weighted by Gasteiger charge is 2.17. The number of nitrogens with zero attached hydrogens (tertiary/aromatic N) is 1. The van der Waals surface area contributed by atoms with Crippen molar-refractivity contribution in [2.75, 3.05) is 26.1 Å². The summed E-state index contributed by atoms with van der Waals surface area (Å²) in [6.45, 7) is 4.93. The molecule has 146 valence electrons. The van der Waals surface area contributed by atoms with Gasteiger partial charge in [0.25, 0.3) is 0 Å². The Morgan fingerprint density at radius 3 is 2.41 bits per heavy atom. The minimum absolute atomic E-state index is 0.162. The van der Waals surface area contributed by atoms with E-state index in [-0.39, 0.29) is 18.5 Å². The van der Waals surface area contributed by atoms with Gasteiger partial charge in [-0.25, -0.2) is 0 Å². The van der Waals surface area contributed by atoms with E-state index in [9.17, 15) is 4.79 Å². The van der Waals surface area contributed by atoms with Gasteiger partial charge in [0.15, 0.2) is 0 Å². The molecule has 0 fully saturated rings. The summed E-state index contributed by atoms with van der Waals surface area (Å²) in [7, 11) is 3.05. The first kappa shape index (κ1) is 21.4. The van der Waals surface area contributed by atoms with Gasteiger partial charge >= 0.3 is 0 Å². The van der Waals surface area contributed by atoms with Crippen LogP contribution in [0.4, 0.5) is 5.69 Å². The van der Waals surface area contributed by atoms with Crippen molar-refractivity contribution >= 4 is 34.8 Å². The number of rotatable bonds is 8. The normalized spacial score (nSPS) is 11.0. The second kappa shape index (κ2) is 9.83. The molecule has 0 aliphatic carbocycles. The van der Waals surface area contributed by atoms with Crippen LogP contribution < -0.4 is 14.8 Å². The molecule has 0 atom stereocenters. The van der Waals surface area contributed by atoms with Crippen LogP contribution >= 0.6 is 23.2 Å². The van der Waals surface area contributed by atoms with Gasteiger partial charge in [0.1, 0.15) is 11.5 Å². The van der Waals surface area contributed by atoms with Crippen LogP contribution in [0.15, 0.2) is 36.4 Å². The summed E-state index contributed by atoms with van der Waals surface area (Å²) in [5.41, 5.74) is 1.55. The molecule has 2 aromatic carbocycles. The number of halogens is 2. The lowest BCUT2D eigenvalue weighted by molar-refractivity contribution is -0.117. The molecule has 2 rings (SSSR count). The molecule has 27 heavy (non-hydrogen) atoms. The molecule has 0 heterocycles. The van der Waals surface area contributed by atoms with E-state index in [0.717, 1.165) is 5.56 Å². The van der Waals surface area contributed by atoms with Gasteiger partial charge in [-0.15, -0.1) is 0 Å². The Hall–Kier alpha value is -1.95. The van der Waals surface area contributed by atoms with Gasteiger partial charge in [0, 0.05) is 23.7 Å². The van der Waals surface area contributed by atoms with Gasteiger partial charge in [-0.3, -0.25) is 9.69 Å². The number of ether oxygens (including phenoxy) is 2. The summed E-state index contributed by atoms with van der Waals surface area (Å²) in [6, 6.07) is 11.1. The number of hydrogen-bond donors (Lipinski definition) is 1. The summed E-state index contributed by atoms with van der Waals surface area (Å²) < 4.78 is 10.5. The van der Waals surface area contributed by atoms with Crippen molar-refractivity contribution in [3.8, 4) is 11.5 Å². The van der Waals surface area contributed by atoms with Gasteiger partial charge in [-0.05, 0) is 37.6 Å².